The summed E-state index contributed by atoms with van der Waals surface area (Å²) in [7, 11) is 0. The minimum atomic E-state index is -0.194. The van der Waals surface area contributed by atoms with Gasteiger partial charge in [-0.25, -0.2) is 0 Å². The number of nitrogens with zero attached hydrogens (tertiary/aromatic N) is 2. The van der Waals surface area contributed by atoms with E-state index >= 15 is 0 Å². The van der Waals surface area contributed by atoms with E-state index in [4.69, 9.17) is 5.73 Å². The largest absolute Gasteiger partial charge is 0.325 e. The van der Waals surface area contributed by atoms with Gasteiger partial charge in [0.2, 0.25) is 5.91 Å². The molecule has 0 atom stereocenters. The van der Waals surface area contributed by atoms with Crippen molar-refractivity contribution in [2.24, 2.45) is 5.73 Å². The average Bonchev–Trinajstić information content (AvgIpc) is 2.71. The molecule has 1 aromatic carbocycles. The molecular formula is C12H16N4O. The van der Waals surface area contributed by atoms with Gasteiger partial charge in [0.15, 0.2) is 0 Å². The van der Waals surface area contributed by atoms with Crippen molar-refractivity contribution in [2.75, 3.05) is 11.9 Å². The van der Waals surface area contributed by atoms with Crippen molar-refractivity contribution in [3.05, 3.63) is 24.4 Å². The van der Waals surface area contributed by atoms with Crippen LogP contribution in [0, 0.1) is 0 Å². The average molecular weight is 232 g/mol. The lowest BCUT2D eigenvalue weighted by Crippen LogP contribution is -2.21. The van der Waals surface area contributed by atoms with E-state index in [0.717, 1.165) is 16.6 Å². The van der Waals surface area contributed by atoms with E-state index < -0.39 is 0 Å². The number of amides is 1. The monoisotopic (exact) mass is 232 g/mol. The van der Waals surface area contributed by atoms with Gasteiger partial charge in [-0.15, -0.1) is 0 Å². The molecule has 0 saturated carbocycles. The molecule has 17 heavy (non-hydrogen) atoms. The number of nitrogens with two attached hydrogens (primary N) is 1. The van der Waals surface area contributed by atoms with Crippen LogP contribution in [0.4, 0.5) is 5.69 Å². The highest BCUT2D eigenvalue weighted by Crippen LogP contribution is 2.21. The number of nitrogens with one attached hydrogen (secondary N) is 1. The van der Waals surface area contributed by atoms with Crippen LogP contribution in [-0.2, 0) is 4.79 Å². The van der Waals surface area contributed by atoms with Crippen LogP contribution in [0.25, 0.3) is 10.9 Å². The molecule has 90 valence electrons. The summed E-state index contributed by atoms with van der Waals surface area (Å²) >= 11 is 0. The first kappa shape index (κ1) is 11.6. The molecule has 5 heteroatoms. The quantitative estimate of drug-likeness (QED) is 0.842. The van der Waals surface area contributed by atoms with Crippen molar-refractivity contribution in [3.8, 4) is 0 Å². The fraction of sp³-hybridized carbons (Fsp3) is 0.333. The van der Waals surface area contributed by atoms with Gasteiger partial charge >= 0.3 is 0 Å². The minimum Gasteiger partial charge on any atom is -0.325 e. The maximum absolute atomic E-state index is 11.2. The predicted molar refractivity (Wildman–Crippen MR) is 67.8 cm³/mol. The fourth-order valence-corrected chi connectivity index (χ4v) is 1.74. The molecule has 1 heterocycles. The smallest absolute Gasteiger partial charge is 0.238 e. The Morgan fingerprint density at radius 2 is 2.29 bits per heavy atom. The number of anilines is 1. The number of hydrogen-bond donors (Lipinski definition) is 2. The van der Waals surface area contributed by atoms with E-state index in [1.807, 2.05) is 29.1 Å². The van der Waals surface area contributed by atoms with Crippen LogP contribution in [0.15, 0.2) is 24.4 Å². The highest BCUT2D eigenvalue weighted by molar-refractivity contribution is 5.94. The van der Waals surface area contributed by atoms with Gasteiger partial charge in [0, 0.05) is 17.1 Å². The van der Waals surface area contributed by atoms with Gasteiger partial charge in [0.1, 0.15) is 0 Å². The van der Waals surface area contributed by atoms with Crippen molar-refractivity contribution in [1.82, 2.24) is 9.78 Å². The van der Waals surface area contributed by atoms with E-state index in [0.29, 0.717) is 0 Å². The van der Waals surface area contributed by atoms with Crippen LogP contribution in [0.1, 0.15) is 19.9 Å². The zero-order valence-electron chi connectivity index (χ0n) is 9.97. The van der Waals surface area contributed by atoms with Crippen LogP contribution < -0.4 is 11.1 Å². The Kier molecular flexibility index (Phi) is 3.10. The predicted octanol–water partition coefficient (Wildman–Crippen LogP) is 1.51. The number of fused-ring (bicyclic) bond motifs is 1. The molecule has 0 unspecified atom stereocenters. The van der Waals surface area contributed by atoms with Gasteiger partial charge < -0.3 is 11.1 Å². The van der Waals surface area contributed by atoms with Crippen LogP contribution in [-0.4, -0.2) is 22.2 Å². The Labute approximate surface area is 99.6 Å². The second-order valence-corrected chi connectivity index (χ2v) is 4.21. The van der Waals surface area contributed by atoms with Gasteiger partial charge in [0.05, 0.1) is 18.3 Å². The Bertz CT molecular complexity index is 544. The van der Waals surface area contributed by atoms with Crippen molar-refractivity contribution in [3.63, 3.8) is 0 Å². The topological polar surface area (TPSA) is 72.9 Å². The summed E-state index contributed by atoms with van der Waals surface area (Å²) in [5.74, 6) is -0.194. The van der Waals surface area contributed by atoms with Crippen LogP contribution in [0.5, 0.6) is 0 Å². The summed E-state index contributed by atoms with van der Waals surface area (Å²) in [5, 5.41) is 8.11. The maximum Gasteiger partial charge on any atom is 0.238 e. The lowest BCUT2D eigenvalue weighted by atomic mass is 10.2. The summed E-state index contributed by atoms with van der Waals surface area (Å²) in [5.41, 5.74) is 7.02. The molecule has 0 bridgehead atoms. The Morgan fingerprint density at radius 3 is 2.94 bits per heavy atom. The number of carbonyl (C=O) groups excluding carboxylic acids is 1. The molecule has 3 N–H and O–H groups in total. The number of aromatic nitrogens is 2. The highest BCUT2D eigenvalue weighted by atomic mass is 16.1. The van der Waals surface area contributed by atoms with Crippen molar-refractivity contribution < 1.29 is 4.79 Å². The zero-order valence-corrected chi connectivity index (χ0v) is 9.97. The third-order valence-electron chi connectivity index (χ3n) is 2.56. The molecule has 2 rings (SSSR count). The normalized spacial score (nSPS) is 11.1. The number of carbonyl (C=O) groups is 1. The molecule has 1 aromatic heterocycles. The Balaban J connectivity index is 2.41. The highest BCUT2D eigenvalue weighted by Gasteiger charge is 2.07. The summed E-state index contributed by atoms with van der Waals surface area (Å²) in [6, 6.07) is 5.99. The summed E-state index contributed by atoms with van der Waals surface area (Å²) in [4.78, 5) is 11.2. The van der Waals surface area contributed by atoms with Crippen LogP contribution in [0.2, 0.25) is 0 Å². The van der Waals surface area contributed by atoms with E-state index in [1.54, 1.807) is 0 Å². The summed E-state index contributed by atoms with van der Waals surface area (Å²) in [6.45, 7) is 4.12. The fourth-order valence-electron chi connectivity index (χ4n) is 1.74. The minimum absolute atomic E-state index is 0.0124. The van der Waals surface area contributed by atoms with Gasteiger partial charge in [-0.05, 0) is 32.0 Å². The molecule has 0 saturated heterocycles. The number of rotatable bonds is 3. The molecule has 0 fully saturated rings. The summed E-state index contributed by atoms with van der Waals surface area (Å²) in [6.07, 6.45) is 1.82. The molecule has 5 nitrogen and oxygen atoms in total. The first-order chi connectivity index (χ1) is 8.11. The lowest BCUT2D eigenvalue weighted by Gasteiger charge is -2.08. The van der Waals surface area contributed by atoms with E-state index in [9.17, 15) is 4.79 Å². The van der Waals surface area contributed by atoms with Gasteiger partial charge in [0.25, 0.3) is 0 Å². The van der Waals surface area contributed by atoms with Gasteiger partial charge in [-0.2, -0.15) is 5.10 Å². The SMILES string of the molecule is CC(C)n1ncc2ccc(NC(=O)CN)cc21. The Morgan fingerprint density at radius 1 is 1.53 bits per heavy atom. The van der Waals surface area contributed by atoms with Crippen molar-refractivity contribution in [2.45, 2.75) is 19.9 Å². The van der Waals surface area contributed by atoms with Gasteiger partial charge in [-0.1, -0.05) is 0 Å². The first-order valence-electron chi connectivity index (χ1n) is 5.59. The molecular weight excluding hydrogens is 216 g/mol. The second-order valence-electron chi connectivity index (χ2n) is 4.21. The van der Waals surface area contributed by atoms with E-state index in [2.05, 4.69) is 24.3 Å². The number of benzene rings is 1. The van der Waals surface area contributed by atoms with Crippen molar-refractivity contribution in [1.29, 1.82) is 0 Å². The van der Waals surface area contributed by atoms with Crippen LogP contribution in [0.3, 0.4) is 0 Å². The zero-order chi connectivity index (χ0) is 12.4. The number of hydrogen-bond acceptors (Lipinski definition) is 3. The van der Waals surface area contributed by atoms with E-state index in [-0.39, 0.29) is 18.5 Å². The molecule has 2 aromatic rings. The molecule has 0 aliphatic carbocycles. The second kappa shape index (κ2) is 4.55. The molecule has 0 spiro atoms. The maximum atomic E-state index is 11.2. The lowest BCUT2D eigenvalue weighted by molar-refractivity contribution is -0.114. The third-order valence-corrected chi connectivity index (χ3v) is 2.56. The standard InChI is InChI=1S/C12H16N4O/c1-8(2)16-11-5-10(15-12(17)6-13)4-3-9(11)7-14-16/h3-5,7-8H,6,13H2,1-2H3,(H,15,17). The third kappa shape index (κ3) is 2.29. The molecule has 0 aliphatic rings. The molecule has 0 aliphatic heterocycles. The first-order valence-corrected chi connectivity index (χ1v) is 5.59. The van der Waals surface area contributed by atoms with Gasteiger partial charge in [-0.3, -0.25) is 9.48 Å². The Hall–Kier alpha value is -1.88. The molecule has 0 radical (unpaired) electrons. The van der Waals surface area contributed by atoms with Crippen molar-refractivity contribution >= 4 is 22.5 Å². The summed E-state index contributed by atoms with van der Waals surface area (Å²) < 4.78 is 1.92. The van der Waals surface area contributed by atoms with E-state index in [1.165, 1.54) is 0 Å². The molecule has 1 amide bonds. The van der Waals surface area contributed by atoms with Crippen LogP contribution >= 0.6 is 0 Å².